The molecule has 0 saturated carbocycles. The quantitative estimate of drug-likeness (QED) is 0.249. The van der Waals surface area contributed by atoms with Gasteiger partial charge in [0.15, 0.2) is 0 Å². The van der Waals surface area contributed by atoms with E-state index in [4.69, 9.17) is 9.47 Å². The number of morpholine rings is 1. The number of hydrogen-bond acceptors (Lipinski definition) is 7. The number of unbranched alkanes of at least 4 members (excludes halogenated alkanes) is 1. The highest BCUT2D eigenvalue weighted by Crippen LogP contribution is 2.60. The second kappa shape index (κ2) is 12.0. The van der Waals surface area contributed by atoms with Crippen LogP contribution in [0.2, 0.25) is 0 Å². The summed E-state index contributed by atoms with van der Waals surface area (Å²) in [6, 6.07) is 8.81. The topological polar surface area (TPSA) is 120 Å². The number of nitrogens with zero attached hydrogens (tertiary/aromatic N) is 2. The first-order valence-electron chi connectivity index (χ1n) is 13.6. The fraction of sp³-hybridized carbons (Fsp3) is 0.667. The second-order valence-corrected chi connectivity index (χ2v) is 11.8. The number of alkyl halides is 1. The van der Waals surface area contributed by atoms with Crippen molar-refractivity contribution in [2.45, 2.75) is 48.4 Å². The number of aliphatic hydroxyl groups excluding tert-OH is 1. The molecule has 38 heavy (non-hydrogen) atoms. The number of aliphatic hydroxyl groups is 1. The maximum Gasteiger partial charge on any atom is 0.245 e. The Labute approximate surface area is 231 Å². The molecule has 4 fully saturated rings. The highest BCUT2D eigenvalue weighted by Gasteiger charge is 2.76. The zero-order chi connectivity index (χ0) is 26.7. The third-order valence-electron chi connectivity index (χ3n) is 8.29. The summed E-state index contributed by atoms with van der Waals surface area (Å²) in [6.45, 7) is 4.88. The van der Waals surface area contributed by atoms with Crippen LogP contribution in [-0.2, 0) is 30.4 Å². The summed E-state index contributed by atoms with van der Waals surface area (Å²) >= 11 is 3.70. The first kappa shape index (κ1) is 27.5. The molecule has 2 bridgehead atoms. The number of halogens is 1. The van der Waals surface area contributed by atoms with Crippen LogP contribution in [0, 0.1) is 11.8 Å². The van der Waals surface area contributed by atoms with Crippen molar-refractivity contribution in [2.24, 2.45) is 11.8 Å². The van der Waals surface area contributed by atoms with Gasteiger partial charge in [-0.1, -0.05) is 46.3 Å². The van der Waals surface area contributed by atoms with Crippen molar-refractivity contribution in [1.82, 2.24) is 20.4 Å². The van der Waals surface area contributed by atoms with Gasteiger partial charge in [-0.15, -0.1) is 0 Å². The van der Waals surface area contributed by atoms with E-state index in [1.807, 2.05) is 30.3 Å². The average Bonchev–Trinajstić information content (AvgIpc) is 3.52. The number of nitrogens with one attached hydrogen (secondary N) is 2. The van der Waals surface area contributed by atoms with Gasteiger partial charge < -0.3 is 30.1 Å². The fourth-order valence-corrected chi connectivity index (χ4v) is 7.47. The maximum absolute atomic E-state index is 13.9. The van der Waals surface area contributed by atoms with Crippen LogP contribution >= 0.6 is 15.9 Å². The lowest BCUT2D eigenvalue weighted by Crippen LogP contribution is -2.56. The molecule has 11 heteroatoms. The Morgan fingerprint density at radius 3 is 2.58 bits per heavy atom. The van der Waals surface area contributed by atoms with E-state index >= 15 is 0 Å². The molecule has 3 N–H and O–H groups in total. The van der Waals surface area contributed by atoms with E-state index in [9.17, 15) is 19.5 Å². The van der Waals surface area contributed by atoms with E-state index < -0.39 is 29.6 Å². The number of carbonyl (C=O) groups excluding carboxylic acids is 3. The van der Waals surface area contributed by atoms with E-state index in [-0.39, 0.29) is 29.2 Å². The monoisotopic (exact) mass is 592 g/mol. The molecule has 3 amide bonds. The van der Waals surface area contributed by atoms with Crippen molar-refractivity contribution in [3.63, 3.8) is 0 Å². The molecule has 1 aromatic carbocycles. The van der Waals surface area contributed by atoms with Gasteiger partial charge in [-0.3, -0.25) is 19.3 Å². The number of likely N-dealkylation sites (tertiary alicyclic amines) is 1. The van der Waals surface area contributed by atoms with Gasteiger partial charge in [-0.25, -0.2) is 0 Å². The average molecular weight is 594 g/mol. The standard InChI is InChI=1S/C27H37BrN4O6/c28-19-16-27-21(20(22(19)38-27)24(34)30-17-18-6-2-1-3-7-18)26(36)32(9-4-5-13-33)23(27)25(35)29-8-10-31-11-14-37-15-12-31/h1-3,6-7,19-23,33H,4-5,8-17H2,(H,29,35)(H,30,34)/t19?,20-,21-,22-,23?,27?/m0/s1. The van der Waals surface area contributed by atoms with Crippen molar-refractivity contribution >= 4 is 33.7 Å². The third-order valence-corrected chi connectivity index (χ3v) is 9.13. The number of benzene rings is 1. The van der Waals surface area contributed by atoms with E-state index in [1.54, 1.807) is 4.90 Å². The molecular formula is C27H37BrN4O6. The summed E-state index contributed by atoms with van der Waals surface area (Å²) in [4.78, 5) is 44.8. The Bertz CT molecular complexity index is 1010. The molecule has 3 unspecified atom stereocenters. The van der Waals surface area contributed by atoms with Crippen LogP contribution in [-0.4, -0.2) is 108 Å². The first-order valence-corrected chi connectivity index (χ1v) is 14.5. The van der Waals surface area contributed by atoms with Crippen LogP contribution in [0.5, 0.6) is 0 Å². The van der Waals surface area contributed by atoms with Crippen molar-refractivity contribution in [3.05, 3.63) is 35.9 Å². The van der Waals surface area contributed by atoms with Crippen LogP contribution in [0.25, 0.3) is 0 Å². The van der Waals surface area contributed by atoms with Gasteiger partial charge in [0.1, 0.15) is 11.6 Å². The van der Waals surface area contributed by atoms with Crippen molar-refractivity contribution < 1.29 is 29.0 Å². The molecule has 0 radical (unpaired) electrons. The van der Waals surface area contributed by atoms with Crippen LogP contribution in [0.1, 0.15) is 24.8 Å². The normalized spacial score (nSPS) is 32.4. The molecule has 6 atom stereocenters. The second-order valence-electron chi connectivity index (χ2n) is 10.6. The van der Waals surface area contributed by atoms with Gasteiger partial charge in [-0.05, 0) is 24.8 Å². The van der Waals surface area contributed by atoms with Gasteiger partial charge in [0.2, 0.25) is 17.7 Å². The predicted octanol–water partition coefficient (Wildman–Crippen LogP) is 0.272. The van der Waals surface area contributed by atoms with Crippen molar-refractivity contribution in [3.8, 4) is 0 Å². The molecule has 4 heterocycles. The maximum atomic E-state index is 13.9. The van der Waals surface area contributed by atoms with E-state index in [0.717, 1.165) is 18.7 Å². The van der Waals surface area contributed by atoms with E-state index in [2.05, 4.69) is 31.5 Å². The minimum atomic E-state index is -1.06. The Morgan fingerprint density at radius 2 is 1.84 bits per heavy atom. The summed E-state index contributed by atoms with van der Waals surface area (Å²) in [5.41, 5.74) is -0.0941. The van der Waals surface area contributed by atoms with Gasteiger partial charge in [-0.2, -0.15) is 0 Å². The minimum Gasteiger partial charge on any atom is -0.396 e. The van der Waals surface area contributed by atoms with E-state index in [1.165, 1.54) is 0 Å². The number of hydrogen-bond donors (Lipinski definition) is 3. The fourth-order valence-electron chi connectivity index (χ4n) is 6.53. The number of ether oxygens (including phenoxy) is 2. The van der Waals surface area contributed by atoms with Crippen molar-refractivity contribution in [1.29, 1.82) is 0 Å². The van der Waals surface area contributed by atoms with Gasteiger partial charge >= 0.3 is 0 Å². The third kappa shape index (κ3) is 5.23. The summed E-state index contributed by atoms with van der Waals surface area (Å²) in [6.07, 6.45) is 1.09. The summed E-state index contributed by atoms with van der Waals surface area (Å²) in [5, 5.41) is 15.4. The molecule has 208 valence electrons. The molecule has 4 aliphatic rings. The van der Waals surface area contributed by atoms with Crippen LogP contribution in [0.3, 0.4) is 0 Å². The Hall–Kier alpha value is -2.05. The van der Waals surface area contributed by atoms with E-state index in [0.29, 0.717) is 58.7 Å². The SMILES string of the molecule is O=C(NCCN1CCOCC1)C1N(CCCCO)C(=O)[C@@H]2[C@H](C(=O)NCc3ccccc3)[C@H]3OC12CC3Br. The lowest BCUT2D eigenvalue weighted by molar-refractivity contribution is -0.142. The molecule has 1 spiro atoms. The minimum absolute atomic E-state index is 0.0135. The van der Waals surface area contributed by atoms with Crippen LogP contribution < -0.4 is 10.6 Å². The lowest BCUT2D eigenvalue weighted by atomic mass is 9.70. The first-order chi connectivity index (χ1) is 18.5. The smallest absolute Gasteiger partial charge is 0.245 e. The molecule has 5 rings (SSSR count). The highest BCUT2D eigenvalue weighted by molar-refractivity contribution is 9.09. The molecule has 1 aromatic rings. The molecule has 4 aliphatic heterocycles. The Kier molecular flexibility index (Phi) is 8.69. The summed E-state index contributed by atoms with van der Waals surface area (Å²) in [7, 11) is 0. The summed E-state index contributed by atoms with van der Waals surface area (Å²) in [5.74, 6) is -2.09. The van der Waals surface area contributed by atoms with Crippen LogP contribution in [0.15, 0.2) is 30.3 Å². The summed E-state index contributed by atoms with van der Waals surface area (Å²) < 4.78 is 11.9. The Morgan fingerprint density at radius 1 is 1.08 bits per heavy atom. The van der Waals surface area contributed by atoms with Gasteiger partial charge in [0.05, 0.1) is 31.2 Å². The molecule has 0 aromatic heterocycles. The van der Waals surface area contributed by atoms with Crippen LogP contribution in [0.4, 0.5) is 0 Å². The van der Waals surface area contributed by atoms with Gasteiger partial charge in [0, 0.05) is 50.7 Å². The molecule has 4 saturated heterocycles. The van der Waals surface area contributed by atoms with Gasteiger partial charge in [0.25, 0.3) is 0 Å². The van der Waals surface area contributed by atoms with Crippen molar-refractivity contribution in [2.75, 3.05) is 52.5 Å². The Balaban J connectivity index is 1.33. The highest BCUT2D eigenvalue weighted by atomic mass is 79.9. The number of rotatable bonds is 11. The number of amides is 3. The molecule has 10 nitrogen and oxygen atoms in total. The largest absolute Gasteiger partial charge is 0.396 e. The molecule has 0 aliphatic carbocycles. The zero-order valence-electron chi connectivity index (χ0n) is 21.5. The predicted molar refractivity (Wildman–Crippen MR) is 142 cm³/mol. The lowest BCUT2D eigenvalue weighted by Gasteiger charge is -2.34. The zero-order valence-corrected chi connectivity index (χ0v) is 23.1. The number of carbonyl (C=O) groups is 3. The molecular weight excluding hydrogens is 556 g/mol. The number of fused-ring (bicyclic) bond motifs is 1.